The molecule has 1 aromatic rings. The van der Waals surface area contributed by atoms with Crippen LogP contribution < -0.4 is 4.74 Å². The molecule has 0 fully saturated rings. The van der Waals surface area contributed by atoms with Crippen LogP contribution in [-0.2, 0) is 9.53 Å². The predicted octanol–water partition coefficient (Wildman–Crippen LogP) is 4.62. The normalized spacial score (nSPS) is 13.2. The Morgan fingerprint density at radius 2 is 1.74 bits per heavy atom. The molecule has 0 amide bonds. The van der Waals surface area contributed by atoms with E-state index in [-0.39, 0.29) is 11.3 Å². The molecule has 0 spiro atoms. The summed E-state index contributed by atoms with van der Waals surface area (Å²) in [6.45, 7) is 8.24. The summed E-state index contributed by atoms with van der Waals surface area (Å²) in [7, 11) is 0. The highest BCUT2D eigenvalue weighted by atomic mass is 16.5. The third kappa shape index (κ3) is 7.31. The minimum atomic E-state index is -0.455. The quantitative estimate of drug-likeness (QED) is 0.492. The van der Waals surface area contributed by atoms with Gasteiger partial charge in [0.05, 0.1) is 6.61 Å². The van der Waals surface area contributed by atoms with Crippen molar-refractivity contribution in [3.63, 3.8) is 0 Å². The third-order valence-electron chi connectivity index (χ3n) is 3.95. The third-order valence-corrected chi connectivity index (χ3v) is 3.95. The van der Waals surface area contributed by atoms with Gasteiger partial charge in [0, 0.05) is 6.92 Å². The number of carbonyl (C=O) groups is 2. The number of hydrogen-bond donors (Lipinski definition) is 0. The van der Waals surface area contributed by atoms with E-state index in [1.807, 2.05) is 0 Å². The van der Waals surface area contributed by atoms with Gasteiger partial charge in [-0.1, -0.05) is 52.2 Å². The van der Waals surface area contributed by atoms with E-state index >= 15 is 0 Å². The van der Waals surface area contributed by atoms with Crippen molar-refractivity contribution in [2.45, 2.75) is 53.4 Å². The summed E-state index contributed by atoms with van der Waals surface area (Å²) in [5.74, 6) is 0.415. The van der Waals surface area contributed by atoms with Crippen molar-refractivity contribution >= 4 is 11.9 Å². The second kappa shape index (κ2) is 10.0. The maximum atomic E-state index is 12.2. The Bertz CT molecular complexity index is 510. The Morgan fingerprint density at radius 3 is 2.39 bits per heavy atom. The lowest BCUT2D eigenvalue weighted by molar-refractivity contribution is -0.131. The Labute approximate surface area is 139 Å². The fourth-order valence-electron chi connectivity index (χ4n) is 2.28. The maximum absolute atomic E-state index is 12.2. The van der Waals surface area contributed by atoms with Crippen LogP contribution >= 0.6 is 0 Å². The van der Waals surface area contributed by atoms with E-state index in [1.54, 1.807) is 24.3 Å². The summed E-state index contributed by atoms with van der Waals surface area (Å²) in [6.07, 6.45) is 4.61. The number of benzene rings is 1. The summed E-state index contributed by atoms with van der Waals surface area (Å²) in [4.78, 5) is 23.2. The lowest BCUT2D eigenvalue weighted by Gasteiger charge is -2.14. The van der Waals surface area contributed by atoms with Crippen LogP contribution in [0.4, 0.5) is 0 Å². The van der Waals surface area contributed by atoms with Gasteiger partial charge in [0.1, 0.15) is 11.3 Å². The van der Waals surface area contributed by atoms with Gasteiger partial charge in [-0.25, -0.2) is 4.79 Å². The van der Waals surface area contributed by atoms with Crippen molar-refractivity contribution in [3.05, 3.63) is 29.8 Å². The Balaban J connectivity index is 2.46. The number of ether oxygens (including phenoxy) is 2. The summed E-state index contributed by atoms with van der Waals surface area (Å²) in [5, 5.41) is 0. The first kappa shape index (κ1) is 19.2. The molecule has 0 heterocycles. The molecule has 1 aromatic carbocycles. The van der Waals surface area contributed by atoms with Crippen LogP contribution in [-0.4, -0.2) is 18.5 Å². The Kier molecular flexibility index (Phi) is 8.38. The first-order chi connectivity index (χ1) is 10.9. The maximum Gasteiger partial charge on any atom is 0.341 e. The smallest absolute Gasteiger partial charge is 0.341 e. The van der Waals surface area contributed by atoms with E-state index in [0.717, 1.165) is 18.8 Å². The first-order valence-corrected chi connectivity index (χ1v) is 8.38. The molecule has 0 saturated heterocycles. The zero-order valence-corrected chi connectivity index (χ0v) is 14.6. The molecule has 0 aliphatic carbocycles. The van der Waals surface area contributed by atoms with Crippen LogP contribution in [0.25, 0.3) is 0 Å². The van der Waals surface area contributed by atoms with E-state index in [4.69, 9.17) is 9.47 Å². The molecule has 1 rings (SSSR count). The fraction of sp³-hybridized carbons (Fsp3) is 0.579. The lowest BCUT2D eigenvalue weighted by atomic mass is 9.97. The molecule has 23 heavy (non-hydrogen) atoms. The van der Waals surface area contributed by atoms with Gasteiger partial charge in [-0.15, -0.1) is 0 Å². The molecular formula is C19H28O4. The highest BCUT2D eigenvalue weighted by molar-refractivity contribution is 5.93. The van der Waals surface area contributed by atoms with Gasteiger partial charge in [-0.05, 0) is 30.4 Å². The van der Waals surface area contributed by atoms with Gasteiger partial charge in [-0.3, -0.25) is 4.79 Å². The second-order valence-corrected chi connectivity index (χ2v) is 6.24. The van der Waals surface area contributed by atoms with Crippen LogP contribution in [0.2, 0.25) is 0 Å². The number of hydrogen-bond acceptors (Lipinski definition) is 4. The van der Waals surface area contributed by atoms with Crippen molar-refractivity contribution in [3.8, 4) is 5.75 Å². The molecular weight excluding hydrogens is 292 g/mol. The lowest BCUT2D eigenvalue weighted by Crippen LogP contribution is -2.14. The van der Waals surface area contributed by atoms with Crippen LogP contribution in [0.1, 0.15) is 63.7 Å². The highest BCUT2D eigenvalue weighted by Crippen LogP contribution is 2.20. The van der Waals surface area contributed by atoms with E-state index < -0.39 is 11.9 Å². The van der Waals surface area contributed by atoms with Gasteiger partial charge in [0.15, 0.2) is 0 Å². The zero-order valence-electron chi connectivity index (χ0n) is 14.6. The number of rotatable bonds is 9. The van der Waals surface area contributed by atoms with Gasteiger partial charge >= 0.3 is 11.9 Å². The van der Waals surface area contributed by atoms with Crippen LogP contribution in [0, 0.1) is 11.8 Å². The van der Waals surface area contributed by atoms with E-state index in [2.05, 4.69) is 20.8 Å². The number of para-hydroxylation sites is 1. The highest BCUT2D eigenvalue weighted by Gasteiger charge is 2.16. The summed E-state index contributed by atoms with van der Waals surface area (Å²) in [6, 6.07) is 6.63. The second-order valence-electron chi connectivity index (χ2n) is 6.24. The minimum Gasteiger partial charge on any atom is -0.462 e. The summed E-state index contributed by atoms with van der Waals surface area (Å²) in [5.41, 5.74) is 0.287. The molecule has 2 unspecified atom stereocenters. The molecule has 4 nitrogen and oxygen atoms in total. The van der Waals surface area contributed by atoms with Crippen molar-refractivity contribution in [1.82, 2.24) is 0 Å². The van der Waals surface area contributed by atoms with Crippen molar-refractivity contribution in [2.24, 2.45) is 11.8 Å². The average molecular weight is 320 g/mol. The monoisotopic (exact) mass is 320 g/mol. The van der Waals surface area contributed by atoms with Crippen LogP contribution in [0.15, 0.2) is 24.3 Å². The number of esters is 2. The molecule has 0 saturated carbocycles. The molecule has 4 heteroatoms. The molecule has 0 radical (unpaired) electrons. The molecule has 0 bridgehead atoms. The van der Waals surface area contributed by atoms with Gasteiger partial charge in [0.25, 0.3) is 0 Å². The molecule has 128 valence electrons. The average Bonchev–Trinajstić information content (AvgIpc) is 2.52. The standard InChI is InChI=1S/C19H28O4/c1-5-14(2)9-8-10-15(3)13-22-19(21)17-11-6-7-12-18(17)23-16(4)20/h6-7,11-12,14-15H,5,8-10,13H2,1-4H3. The van der Waals surface area contributed by atoms with Gasteiger partial charge in [-0.2, -0.15) is 0 Å². The van der Waals surface area contributed by atoms with Crippen molar-refractivity contribution in [2.75, 3.05) is 6.61 Å². The fourth-order valence-corrected chi connectivity index (χ4v) is 2.28. The molecule has 0 aromatic heterocycles. The van der Waals surface area contributed by atoms with Gasteiger partial charge in [0.2, 0.25) is 0 Å². The van der Waals surface area contributed by atoms with Crippen LogP contribution in [0.3, 0.4) is 0 Å². The zero-order chi connectivity index (χ0) is 17.2. The first-order valence-electron chi connectivity index (χ1n) is 8.38. The number of carbonyl (C=O) groups excluding carboxylic acids is 2. The Morgan fingerprint density at radius 1 is 1.09 bits per heavy atom. The Hall–Kier alpha value is -1.84. The summed E-state index contributed by atoms with van der Waals surface area (Å²) < 4.78 is 10.4. The molecule has 2 atom stereocenters. The summed E-state index contributed by atoms with van der Waals surface area (Å²) >= 11 is 0. The SMILES string of the molecule is CCC(C)CCCC(C)COC(=O)c1ccccc1OC(C)=O. The minimum absolute atomic E-state index is 0.245. The van der Waals surface area contributed by atoms with Gasteiger partial charge < -0.3 is 9.47 Å². The van der Waals surface area contributed by atoms with E-state index in [1.165, 1.54) is 19.8 Å². The van der Waals surface area contributed by atoms with Crippen molar-refractivity contribution in [1.29, 1.82) is 0 Å². The predicted molar refractivity (Wildman–Crippen MR) is 90.5 cm³/mol. The van der Waals surface area contributed by atoms with E-state index in [9.17, 15) is 9.59 Å². The van der Waals surface area contributed by atoms with Crippen LogP contribution in [0.5, 0.6) is 5.75 Å². The topological polar surface area (TPSA) is 52.6 Å². The molecule has 0 aliphatic rings. The van der Waals surface area contributed by atoms with E-state index in [0.29, 0.717) is 12.5 Å². The molecule has 0 N–H and O–H groups in total. The van der Waals surface area contributed by atoms with Crippen molar-refractivity contribution < 1.29 is 19.1 Å². The largest absolute Gasteiger partial charge is 0.462 e. The molecule has 0 aliphatic heterocycles.